The van der Waals surface area contributed by atoms with Crippen LogP contribution in [0.25, 0.3) is 0 Å². The zero-order chi connectivity index (χ0) is 22.4. The normalized spacial score (nSPS) is 11.7. The highest BCUT2D eigenvalue weighted by atomic mass is 79.9. The van der Waals surface area contributed by atoms with Gasteiger partial charge in [-0.05, 0) is 44.4 Å². The van der Waals surface area contributed by atoms with Gasteiger partial charge in [0.2, 0.25) is 0 Å². The van der Waals surface area contributed by atoms with Crippen molar-refractivity contribution < 1.29 is 19.3 Å². The minimum Gasteiger partial charge on any atom is -0.395 e. The molecule has 0 spiro atoms. The van der Waals surface area contributed by atoms with Gasteiger partial charge in [-0.3, -0.25) is 20.3 Å². The number of halogens is 2. The molecule has 0 atom stereocenters. The van der Waals surface area contributed by atoms with Crippen LogP contribution in [0.1, 0.15) is 5.69 Å². The Morgan fingerprint density at radius 1 is 1.19 bits per heavy atom. The standard InChI is InChI=1S/C17H16BrFN6O5S/c18-9-7-8(1-2-10(9)19)22-16(23-29)13-17(25-30-24-13)31-6-4-21-12-11(20-3-5-26)14(27)15(12)28/h1-2,7,20-21,26,29H,3-6H2,(H,22,23). The number of nitrogens with zero attached hydrogens (tertiary/aromatic N) is 3. The van der Waals surface area contributed by atoms with Gasteiger partial charge in [0, 0.05) is 18.8 Å². The fraction of sp³-hybridized carbons (Fsp3) is 0.235. The Hall–Kier alpha value is -2.81. The number of hydrogen-bond acceptors (Lipinski definition) is 11. The molecular weight excluding hydrogens is 499 g/mol. The second kappa shape index (κ2) is 10.5. The smallest absolute Gasteiger partial charge is 0.253 e. The van der Waals surface area contributed by atoms with E-state index in [1.807, 2.05) is 5.48 Å². The van der Waals surface area contributed by atoms with E-state index in [9.17, 15) is 19.2 Å². The maximum absolute atomic E-state index is 13.4. The van der Waals surface area contributed by atoms with Crippen LogP contribution in [-0.4, -0.2) is 51.9 Å². The van der Waals surface area contributed by atoms with E-state index in [0.29, 0.717) is 23.0 Å². The molecule has 31 heavy (non-hydrogen) atoms. The molecule has 0 saturated heterocycles. The van der Waals surface area contributed by atoms with Gasteiger partial charge in [0.05, 0.1) is 16.8 Å². The van der Waals surface area contributed by atoms with Crippen molar-refractivity contribution in [1.82, 2.24) is 15.8 Å². The van der Waals surface area contributed by atoms with Gasteiger partial charge in [0.1, 0.15) is 17.2 Å². The number of amidine groups is 1. The number of anilines is 2. The molecule has 3 rings (SSSR count). The molecule has 1 heterocycles. The van der Waals surface area contributed by atoms with Gasteiger partial charge < -0.3 is 15.7 Å². The molecule has 0 bridgehead atoms. The monoisotopic (exact) mass is 514 g/mol. The molecule has 0 aliphatic carbocycles. The van der Waals surface area contributed by atoms with Crippen LogP contribution in [0.2, 0.25) is 0 Å². The average Bonchev–Trinajstić information content (AvgIpc) is 3.23. The first-order valence-corrected chi connectivity index (χ1v) is 10.6. The first kappa shape index (κ1) is 22.9. The summed E-state index contributed by atoms with van der Waals surface area (Å²) in [5, 5.41) is 31.6. The van der Waals surface area contributed by atoms with Crippen molar-refractivity contribution in [2.45, 2.75) is 5.03 Å². The zero-order valence-electron chi connectivity index (χ0n) is 15.7. The Morgan fingerprint density at radius 3 is 2.55 bits per heavy atom. The molecule has 5 N–H and O–H groups in total. The number of thioether (sulfide) groups is 1. The van der Waals surface area contributed by atoms with Gasteiger partial charge in [-0.25, -0.2) is 14.0 Å². The summed E-state index contributed by atoms with van der Waals surface area (Å²) in [6, 6.07) is 4.05. The Morgan fingerprint density at radius 2 is 1.90 bits per heavy atom. The second-order valence-electron chi connectivity index (χ2n) is 5.92. The molecule has 3 aromatic rings. The van der Waals surface area contributed by atoms with Gasteiger partial charge in [0.25, 0.3) is 10.9 Å². The number of aliphatic hydroxyl groups excluding tert-OH is 1. The minimum atomic E-state index is -0.631. The molecule has 0 aliphatic heterocycles. The lowest BCUT2D eigenvalue weighted by Crippen LogP contribution is -2.38. The van der Waals surface area contributed by atoms with Crippen LogP contribution in [0.3, 0.4) is 0 Å². The Labute approximate surface area is 186 Å². The molecule has 14 heteroatoms. The van der Waals surface area contributed by atoms with E-state index in [2.05, 4.69) is 41.9 Å². The number of aromatic nitrogens is 2. The third-order valence-corrected chi connectivity index (χ3v) is 5.46. The number of aliphatic imine (C=N–C) groups is 1. The number of hydrogen-bond donors (Lipinski definition) is 5. The molecule has 0 fully saturated rings. The number of nitrogens with one attached hydrogen (secondary N) is 3. The van der Waals surface area contributed by atoms with Gasteiger partial charge >= 0.3 is 0 Å². The van der Waals surface area contributed by atoms with E-state index in [1.54, 1.807) is 0 Å². The highest BCUT2D eigenvalue weighted by molar-refractivity contribution is 9.10. The number of rotatable bonds is 10. The Kier molecular flexibility index (Phi) is 7.73. The fourth-order valence-electron chi connectivity index (χ4n) is 2.47. The van der Waals surface area contributed by atoms with Crippen molar-refractivity contribution in [2.75, 3.05) is 36.1 Å². The van der Waals surface area contributed by atoms with E-state index < -0.39 is 16.7 Å². The van der Waals surface area contributed by atoms with E-state index in [1.165, 1.54) is 30.0 Å². The summed E-state index contributed by atoms with van der Waals surface area (Å²) in [6.45, 7) is 0.288. The lowest BCUT2D eigenvalue weighted by atomic mass is 10.2. The molecule has 2 aromatic carbocycles. The van der Waals surface area contributed by atoms with Crippen LogP contribution in [0, 0.1) is 5.82 Å². The molecular formula is C17H16BrFN6O5S. The summed E-state index contributed by atoms with van der Waals surface area (Å²) in [4.78, 5) is 27.4. The molecule has 0 radical (unpaired) electrons. The number of aliphatic hydroxyl groups is 1. The van der Waals surface area contributed by atoms with Crippen LogP contribution in [0.4, 0.5) is 21.5 Å². The molecule has 0 amide bonds. The highest BCUT2D eigenvalue weighted by Crippen LogP contribution is 2.24. The van der Waals surface area contributed by atoms with E-state index in [4.69, 9.17) is 9.74 Å². The molecule has 0 unspecified atom stereocenters. The first-order valence-electron chi connectivity index (χ1n) is 8.77. The molecule has 0 saturated carbocycles. The Balaban J connectivity index is 1.63. The van der Waals surface area contributed by atoms with Crippen molar-refractivity contribution in [3.63, 3.8) is 0 Å². The third kappa shape index (κ3) is 5.28. The quantitative estimate of drug-likeness (QED) is 0.0660. The van der Waals surface area contributed by atoms with Crippen LogP contribution < -0.4 is 27.0 Å². The SMILES string of the molecule is O=c1c(NCCO)c(NCCSc2nonc2C(=Nc2ccc(F)c(Br)c2)NO)c1=O. The predicted molar refractivity (Wildman–Crippen MR) is 116 cm³/mol. The van der Waals surface area contributed by atoms with Crippen molar-refractivity contribution in [2.24, 2.45) is 4.99 Å². The second-order valence-corrected chi connectivity index (χ2v) is 7.86. The van der Waals surface area contributed by atoms with Crippen LogP contribution in [0.5, 0.6) is 0 Å². The highest BCUT2D eigenvalue weighted by Gasteiger charge is 2.21. The van der Waals surface area contributed by atoms with Gasteiger partial charge in [-0.1, -0.05) is 11.8 Å². The summed E-state index contributed by atoms with van der Waals surface area (Å²) >= 11 is 4.26. The minimum absolute atomic E-state index is 0.0619. The van der Waals surface area contributed by atoms with Gasteiger partial charge in [-0.2, -0.15) is 0 Å². The van der Waals surface area contributed by atoms with Gasteiger partial charge in [0.15, 0.2) is 16.6 Å². The molecule has 0 aliphatic rings. The van der Waals surface area contributed by atoms with E-state index in [0.717, 1.165) is 0 Å². The third-order valence-electron chi connectivity index (χ3n) is 3.90. The predicted octanol–water partition coefficient (Wildman–Crippen LogP) is 1.23. The van der Waals surface area contributed by atoms with Crippen LogP contribution in [0.15, 0.2) is 46.9 Å². The van der Waals surface area contributed by atoms with Crippen LogP contribution in [-0.2, 0) is 0 Å². The average molecular weight is 515 g/mol. The maximum atomic E-state index is 13.4. The van der Waals surface area contributed by atoms with Crippen molar-refractivity contribution in [1.29, 1.82) is 0 Å². The largest absolute Gasteiger partial charge is 0.395 e. The summed E-state index contributed by atoms with van der Waals surface area (Å²) in [7, 11) is 0. The van der Waals surface area contributed by atoms with E-state index in [-0.39, 0.29) is 40.5 Å². The zero-order valence-corrected chi connectivity index (χ0v) is 18.1. The molecule has 164 valence electrons. The van der Waals surface area contributed by atoms with Crippen LogP contribution >= 0.6 is 27.7 Å². The van der Waals surface area contributed by atoms with E-state index >= 15 is 0 Å². The summed E-state index contributed by atoms with van der Waals surface area (Å²) in [6.07, 6.45) is 0. The molecule has 1 aromatic heterocycles. The number of hydroxylamine groups is 1. The lowest BCUT2D eigenvalue weighted by molar-refractivity contribution is 0.234. The summed E-state index contributed by atoms with van der Waals surface area (Å²) < 4.78 is 18.3. The summed E-state index contributed by atoms with van der Waals surface area (Å²) in [5.74, 6) is -0.116. The Bertz CT molecular complexity index is 1160. The topological polar surface area (TPSA) is 162 Å². The van der Waals surface area contributed by atoms with Crippen molar-refractivity contribution in [3.8, 4) is 0 Å². The molecule has 11 nitrogen and oxygen atoms in total. The lowest BCUT2D eigenvalue weighted by Gasteiger charge is -2.13. The number of benzene rings is 1. The fourth-order valence-corrected chi connectivity index (χ4v) is 3.59. The first-order chi connectivity index (χ1) is 15.0. The van der Waals surface area contributed by atoms with Crippen molar-refractivity contribution in [3.05, 3.63) is 54.6 Å². The van der Waals surface area contributed by atoms with Crippen molar-refractivity contribution >= 4 is 50.6 Å². The maximum Gasteiger partial charge on any atom is 0.253 e. The van der Waals surface area contributed by atoms with Gasteiger partial charge in [-0.15, -0.1) is 0 Å². The summed E-state index contributed by atoms with van der Waals surface area (Å²) in [5.41, 5.74) is 1.45.